The molecule has 0 radical (unpaired) electrons. The van der Waals surface area contributed by atoms with Gasteiger partial charge in [-0.25, -0.2) is 4.98 Å². The third-order valence-electron chi connectivity index (χ3n) is 7.32. The number of rotatable bonds is 11. The largest absolute Gasteiger partial charge is 0.374 e. The summed E-state index contributed by atoms with van der Waals surface area (Å²) in [5.74, 6) is -0.766. The first kappa shape index (κ1) is 36.8. The number of carbonyl (C=O) groups is 3. The number of hydrogen-bond acceptors (Lipinski definition) is 6. The molecule has 240 valence electrons. The highest BCUT2D eigenvalue weighted by molar-refractivity contribution is 5.98. The van der Waals surface area contributed by atoms with Gasteiger partial charge in [0.15, 0.2) is 5.82 Å². The molecule has 0 spiro atoms. The van der Waals surface area contributed by atoms with E-state index in [0.717, 1.165) is 24.0 Å². The number of piperidine rings is 1. The van der Waals surface area contributed by atoms with E-state index in [9.17, 15) is 14.4 Å². The maximum Gasteiger partial charge on any atom is 0.250 e. The molecule has 1 fully saturated rings. The summed E-state index contributed by atoms with van der Waals surface area (Å²) in [6.45, 7) is 9.07. The molecule has 3 aromatic rings. The van der Waals surface area contributed by atoms with E-state index in [0.29, 0.717) is 13.1 Å². The molecule has 1 aromatic heterocycles. The third-order valence-corrected chi connectivity index (χ3v) is 7.32. The highest BCUT2D eigenvalue weighted by Gasteiger charge is 2.34. The Morgan fingerprint density at radius 2 is 1.68 bits per heavy atom. The molecule has 0 aliphatic carbocycles. The van der Waals surface area contributed by atoms with Gasteiger partial charge in [0.25, 0.3) is 5.91 Å². The number of nitrogens with one attached hydrogen (secondary N) is 2. The van der Waals surface area contributed by atoms with Crippen molar-refractivity contribution in [3.05, 3.63) is 84.3 Å². The van der Waals surface area contributed by atoms with Crippen LogP contribution in [0.15, 0.2) is 73.2 Å². The highest BCUT2D eigenvalue weighted by atomic mass is 35.5. The van der Waals surface area contributed by atoms with Crippen LogP contribution in [0, 0.1) is 5.41 Å². The van der Waals surface area contributed by atoms with E-state index in [-0.39, 0.29) is 55.2 Å². The summed E-state index contributed by atoms with van der Waals surface area (Å²) in [6, 6.07) is 17.4. The molecule has 1 aliphatic heterocycles. The van der Waals surface area contributed by atoms with Gasteiger partial charge in [-0.05, 0) is 43.2 Å². The van der Waals surface area contributed by atoms with Crippen molar-refractivity contribution in [2.45, 2.75) is 64.8 Å². The Balaban J connectivity index is 0.00000337. The standard InChI is InChI=1S/C32H42N6O4.2ClH/c1-31(2)16-11-17-37(21-31)29(40)27(24-14-9-6-10-15-24)38-18-26(34-22-38)36-28(39)25(35-30(41)32(3,4)33)20-42-19-23-12-7-5-8-13-23;;/h5-10,12-15,18,22,25,27H,11,16-17,19-21,33H2,1-4H3,(H,35,41)(H,36,39);2*1H/t25-,27?;;/m1../s1. The van der Waals surface area contributed by atoms with Crippen molar-refractivity contribution in [3.63, 3.8) is 0 Å². The van der Waals surface area contributed by atoms with Gasteiger partial charge in [-0.3, -0.25) is 14.4 Å². The van der Waals surface area contributed by atoms with Gasteiger partial charge in [0, 0.05) is 19.3 Å². The predicted molar refractivity (Wildman–Crippen MR) is 176 cm³/mol. The van der Waals surface area contributed by atoms with Crippen molar-refractivity contribution in [1.82, 2.24) is 19.8 Å². The zero-order valence-electron chi connectivity index (χ0n) is 25.7. The van der Waals surface area contributed by atoms with Crippen LogP contribution < -0.4 is 16.4 Å². The fourth-order valence-electron chi connectivity index (χ4n) is 5.01. The molecule has 4 N–H and O–H groups in total. The SMILES string of the molecule is CC1(C)CCCN(C(=O)C(c2ccccc2)n2cnc(NC(=O)[C@@H](COCc3ccccc3)NC(=O)C(C)(C)N)c2)C1.Cl.Cl. The van der Waals surface area contributed by atoms with Crippen LogP contribution in [0.1, 0.15) is 57.7 Å². The van der Waals surface area contributed by atoms with Crippen molar-refractivity contribution in [3.8, 4) is 0 Å². The zero-order valence-corrected chi connectivity index (χ0v) is 27.3. The Morgan fingerprint density at radius 3 is 2.30 bits per heavy atom. The van der Waals surface area contributed by atoms with E-state index in [1.165, 1.54) is 0 Å². The summed E-state index contributed by atoms with van der Waals surface area (Å²) in [7, 11) is 0. The molecule has 0 saturated carbocycles. The number of benzene rings is 2. The number of anilines is 1. The van der Waals surface area contributed by atoms with E-state index in [1.54, 1.807) is 30.9 Å². The Bertz CT molecular complexity index is 1360. The summed E-state index contributed by atoms with van der Waals surface area (Å²) in [5, 5.41) is 5.47. The number of carbonyl (C=O) groups excluding carboxylic acids is 3. The molecule has 1 saturated heterocycles. The average Bonchev–Trinajstić information content (AvgIpc) is 3.40. The van der Waals surface area contributed by atoms with Crippen molar-refractivity contribution in [2.75, 3.05) is 25.0 Å². The number of aromatic nitrogens is 2. The van der Waals surface area contributed by atoms with Gasteiger partial charge in [-0.1, -0.05) is 74.5 Å². The molecule has 10 nitrogen and oxygen atoms in total. The van der Waals surface area contributed by atoms with E-state index in [2.05, 4.69) is 29.5 Å². The molecule has 44 heavy (non-hydrogen) atoms. The number of nitrogens with zero attached hydrogens (tertiary/aromatic N) is 3. The minimum absolute atomic E-state index is 0. The molecule has 1 unspecified atom stereocenters. The third kappa shape index (κ3) is 10.1. The number of ether oxygens (including phenoxy) is 1. The van der Waals surface area contributed by atoms with E-state index in [4.69, 9.17) is 10.5 Å². The van der Waals surface area contributed by atoms with Crippen LogP contribution in [-0.4, -0.2) is 63.4 Å². The number of halogens is 2. The van der Waals surface area contributed by atoms with Crippen LogP contribution in [0.25, 0.3) is 0 Å². The number of hydrogen-bond donors (Lipinski definition) is 3. The molecular weight excluding hydrogens is 603 g/mol. The number of likely N-dealkylation sites (tertiary alicyclic amines) is 1. The first-order chi connectivity index (χ1) is 19.9. The summed E-state index contributed by atoms with van der Waals surface area (Å²) in [6.07, 6.45) is 5.20. The molecular formula is C32H44Cl2N6O4. The number of imidazole rings is 1. The number of amides is 3. The van der Waals surface area contributed by atoms with Crippen LogP contribution in [-0.2, 0) is 25.7 Å². The molecule has 0 bridgehead atoms. The lowest BCUT2D eigenvalue weighted by Crippen LogP contribution is -2.56. The quantitative estimate of drug-likeness (QED) is 0.284. The summed E-state index contributed by atoms with van der Waals surface area (Å²) < 4.78 is 7.50. The van der Waals surface area contributed by atoms with Crippen molar-refractivity contribution in [2.24, 2.45) is 11.1 Å². The summed E-state index contributed by atoms with van der Waals surface area (Å²) >= 11 is 0. The van der Waals surface area contributed by atoms with Crippen LogP contribution in [0.2, 0.25) is 0 Å². The second-order valence-electron chi connectivity index (χ2n) is 12.3. The van der Waals surface area contributed by atoms with Crippen LogP contribution in [0.3, 0.4) is 0 Å². The summed E-state index contributed by atoms with van der Waals surface area (Å²) in [5.41, 5.74) is 6.58. The fraction of sp³-hybridized carbons (Fsp3) is 0.438. The Labute approximate surface area is 271 Å². The lowest BCUT2D eigenvalue weighted by Gasteiger charge is -2.39. The topological polar surface area (TPSA) is 132 Å². The van der Waals surface area contributed by atoms with Crippen molar-refractivity contribution >= 4 is 48.4 Å². The van der Waals surface area contributed by atoms with Gasteiger partial charge < -0.3 is 30.6 Å². The molecule has 4 rings (SSSR count). The first-order valence-corrected chi connectivity index (χ1v) is 14.3. The van der Waals surface area contributed by atoms with Crippen LogP contribution in [0.4, 0.5) is 5.82 Å². The highest BCUT2D eigenvalue weighted by Crippen LogP contribution is 2.31. The average molecular weight is 648 g/mol. The van der Waals surface area contributed by atoms with Gasteiger partial charge in [-0.15, -0.1) is 24.8 Å². The Hall–Kier alpha value is -3.44. The smallest absolute Gasteiger partial charge is 0.250 e. The molecule has 2 aromatic carbocycles. The Kier molecular flexibility index (Phi) is 13.4. The van der Waals surface area contributed by atoms with Gasteiger partial charge in [0.05, 0.1) is 25.1 Å². The van der Waals surface area contributed by atoms with E-state index in [1.807, 2.05) is 65.6 Å². The zero-order chi connectivity index (χ0) is 30.3. The molecule has 2 heterocycles. The first-order valence-electron chi connectivity index (χ1n) is 14.3. The second-order valence-corrected chi connectivity index (χ2v) is 12.3. The van der Waals surface area contributed by atoms with Crippen molar-refractivity contribution in [1.29, 1.82) is 0 Å². The number of nitrogens with two attached hydrogens (primary N) is 1. The lowest BCUT2D eigenvalue weighted by atomic mass is 9.84. The lowest BCUT2D eigenvalue weighted by molar-refractivity contribution is -0.136. The van der Waals surface area contributed by atoms with Gasteiger partial charge in [-0.2, -0.15) is 0 Å². The minimum Gasteiger partial charge on any atom is -0.374 e. The fourth-order valence-corrected chi connectivity index (χ4v) is 5.01. The monoisotopic (exact) mass is 646 g/mol. The van der Waals surface area contributed by atoms with E-state index >= 15 is 0 Å². The summed E-state index contributed by atoms with van der Waals surface area (Å²) in [4.78, 5) is 46.2. The molecule has 12 heteroatoms. The van der Waals surface area contributed by atoms with Crippen LogP contribution >= 0.6 is 24.8 Å². The van der Waals surface area contributed by atoms with Crippen LogP contribution in [0.5, 0.6) is 0 Å². The van der Waals surface area contributed by atoms with Gasteiger partial charge in [0.1, 0.15) is 12.1 Å². The van der Waals surface area contributed by atoms with Gasteiger partial charge >= 0.3 is 0 Å². The molecule has 3 amide bonds. The van der Waals surface area contributed by atoms with Crippen molar-refractivity contribution < 1.29 is 19.1 Å². The maximum absolute atomic E-state index is 13.9. The maximum atomic E-state index is 13.9. The molecule has 1 aliphatic rings. The normalized spacial score (nSPS) is 15.6. The Morgan fingerprint density at radius 1 is 1.05 bits per heavy atom. The van der Waals surface area contributed by atoms with E-state index < -0.39 is 29.4 Å². The molecule has 2 atom stereocenters. The predicted octanol–water partition coefficient (Wildman–Crippen LogP) is 4.34. The minimum atomic E-state index is -1.19. The second kappa shape index (κ2) is 16.0. The van der Waals surface area contributed by atoms with Gasteiger partial charge in [0.2, 0.25) is 11.8 Å².